The fourth-order valence-electron chi connectivity index (χ4n) is 0.617. The first-order valence-corrected chi connectivity index (χ1v) is 3.78. The van der Waals surface area contributed by atoms with Gasteiger partial charge < -0.3 is 10.2 Å². The zero-order valence-electron chi connectivity index (χ0n) is 7.96. The summed E-state index contributed by atoms with van der Waals surface area (Å²) in [5, 5.41) is 27.3. The summed E-state index contributed by atoms with van der Waals surface area (Å²) in [6, 6.07) is 0. The van der Waals surface area contributed by atoms with E-state index >= 15 is 0 Å². The minimum Gasteiger partial charge on any atom is -0.475 e. The molecule has 0 atom stereocenters. The van der Waals surface area contributed by atoms with Crippen LogP contribution in [0, 0.1) is 0 Å². The Labute approximate surface area is 104 Å². The summed E-state index contributed by atoms with van der Waals surface area (Å²) in [7, 11) is 0. The Hall–Kier alpha value is -2.26. The maximum Gasteiger partial charge on any atom is 0.373 e. The number of rotatable bonds is 2. The molecule has 0 aliphatic carbocycles. The Morgan fingerprint density at radius 2 is 1.29 bits per heavy atom. The molecule has 2 aromatic rings. The fraction of sp³-hybridized carbons (Fsp3) is 0. The van der Waals surface area contributed by atoms with Gasteiger partial charge in [-0.25, -0.2) is 19.6 Å². The molecular weight excluding hydrogens is 284 g/mol. The van der Waals surface area contributed by atoms with Crippen molar-refractivity contribution in [1.29, 1.82) is 0 Å². The number of carbonyl (C=O) groups is 2. The predicted octanol–water partition coefficient (Wildman–Crippen LogP) is -0.997. The number of aromatic amines is 2. The number of hydrogen-bond donors (Lipinski definition) is 4. The van der Waals surface area contributed by atoms with E-state index in [1.54, 1.807) is 0 Å². The molecule has 0 fully saturated rings. The van der Waals surface area contributed by atoms with Gasteiger partial charge in [-0.3, -0.25) is 10.2 Å². The first-order valence-electron chi connectivity index (χ1n) is 3.78. The molecule has 4 N–H and O–H groups in total. The number of aromatic carboxylic acids is 2. The minimum atomic E-state index is -1.09. The van der Waals surface area contributed by atoms with Gasteiger partial charge >= 0.3 is 11.9 Å². The third-order valence-corrected chi connectivity index (χ3v) is 1.24. The Balaban J connectivity index is 0.000000284. The Morgan fingerprint density at radius 3 is 1.41 bits per heavy atom. The minimum absolute atomic E-state index is 0. The van der Waals surface area contributed by atoms with Crippen LogP contribution < -0.4 is 0 Å². The van der Waals surface area contributed by atoms with E-state index in [-0.39, 0.29) is 28.7 Å². The van der Waals surface area contributed by atoms with Crippen molar-refractivity contribution >= 4 is 11.9 Å². The van der Waals surface area contributed by atoms with Gasteiger partial charge in [-0.05, 0) is 0 Å². The molecule has 0 aromatic carbocycles. The molecule has 0 bridgehead atoms. The molecule has 0 saturated carbocycles. The van der Waals surface area contributed by atoms with Gasteiger partial charge in [0.1, 0.15) is 12.7 Å². The van der Waals surface area contributed by atoms with Crippen molar-refractivity contribution in [2.45, 2.75) is 0 Å². The number of aromatic nitrogens is 6. The molecule has 0 aliphatic heterocycles. The molecule has 0 saturated heterocycles. The number of nitrogens with zero attached hydrogens (tertiary/aromatic N) is 4. The molecule has 0 spiro atoms. The van der Waals surface area contributed by atoms with Gasteiger partial charge in [0.15, 0.2) is 0 Å². The maximum atomic E-state index is 9.93. The van der Waals surface area contributed by atoms with Crippen LogP contribution >= 0.6 is 0 Å². The summed E-state index contributed by atoms with van der Waals surface area (Å²) in [5.74, 6) is -2.46. The van der Waals surface area contributed by atoms with Crippen LogP contribution in [0.5, 0.6) is 0 Å². The zero-order valence-corrected chi connectivity index (χ0v) is 8.90. The van der Waals surface area contributed by atoms with Crippen LogP contribution in [-0.4, -0.2) is 52.5 Å². The second-order valence-corrected chi connectivity index (χ2v) is 2.28. The van der Waals surface area contributed by atoms with E-state index in [4.69, 9.17) is 10.2 Å². The number of carboxylic acids is 2. The zero-order chi connectivity index (χ0) is 12.0. The predicted molar refractivity (Wildman–Crippen MR) is 46.7 cm³/mol. The van der Waals surface area contributed by atoms with Crippen LogP contribution in [0.25, 0.3) is 0 Å². The van der Waals surface area contributed by atoms with Crippen molar-refractivity contribution in [2.24, 2.45) is 0 Å². The monoisotopic (exact) mass is 289 g/mol. The first-order chi connectivity index (χ1) is 7.61. The quantitative estimate of drug-likeness (QED) is 0.513. The summed E-state index contributed by atoms with van der Waals surface area (Å²) in [4.78, 5) is 26.6. The van der Waals surface area contributed by atoms with Crippen LogP contribution in [0.3, 0.4) is 0 Å². The molecule has 0 aliphatic rings. The SMILES string of the molecule is O=C(O)c1ncn[nH]1.O=C(O)c1ncn[nH]1.[Cu]. The molecule has 11 heteroatoms. The van der Waals surface area contributed by atoms with E-state index in [2.05, 4.69) is 30.4 Å². The Bertz CT molecular complexity index is 411. The van der Waals surface area contributed by atoms with E-state index in [9.17, 15) is 9.59 Å². The summed E-state index contributed by atoms with van der Waals surface area (Å²) < 4.78 is 0. The average Bonchev–Trinajstić information content (AvgIpc) is 2.93. The van der Waals surface area contributed by atoms with E-state index in [0.717, 1.165) is 12.7 Å². The van der Waals surface area contributed by atoms with Crippen molar-refractivity contribution in [1.82, 2.24) is 30.4 Å². The van der Waals surface area contributed by atoms with Gasteiger partial charge in [0.2, 0.25) is 11.6 Å². The molecule has 10 nitrogen and oxygen atoms in total. The van der Waals surface area contributed by atoms with Gasteiger partial charge in [0.05, 0.1) is 0 Å². The summed E-state index contributed by atoms with van der Waals surface area (Å²) in [6.45, 7) is 0. The van der Waals surface area contributed by atoms with Gasteiger partial charge in [0, 0.05) is 17.1 Å². The number of H-pyrrole nitrogens is 2. The van der Waals surface area contributed by atoms with Gasteiger partial charge in [0.25, 0.3) is 0 Å². The smallest absolute Gasteiger partial charge is 0.373 e. The second-order valence-electron chi connectivity index (χ2n) is 2.28. The summed E-state index contributed by atoms with van der Waals surface area (Å²) in [6.07, 6.45) is 2.28. The van der Waals surface area contributed by atoms with Crippen LogP contribution in [-0.2, 0) is 17.1 Å². The summed E-state index contributed by atoms with van der Waals surface area (Å²) in [5.41, 5.74) is 0. The van der Waals surface area contributed by atoms with Crippen LogP contribution in [0.2, 0.25) is 0 Å². The van der Waals surface area contributed by atoms with Gasteiger partial charge in [-0.15, -0.1) is 0 Å². The average molecular weight is 290 g/mol. The normalized spacial score (nSPS) is 8.47. The Kier molecular flexibility index (Phi) is 6.14. The molecule has 17 heavy (non-hydrogen) atoms. The molecule has 95 valence electrons. The van der Waals surface area contributed by atoms with Crippen LogP contribution in [0.4, 0.5) is 0 Å². The molecular formula is C6H6CuN6O4. The number of carboxylic acid groups (broad SMARTS) is 2. The topological polar surface area (TPSA) is 158 Å². The molecule has 2 heterocycles. The molecule has 2 rings (SSSR count). The molecule has 1 radical (unpaired) electrons. The van der Waals surface area contributed by atoms with Gasteiger partial charge in [-0.1, -0.05) is 0 Å². The molecule has 2 aromatic heterocycles. The van der Waals surface area contributed by atoms with E-state index < -0.39 is 11.9 Å². The first kappa shape index (κ1) is 14.7. The van der Waals surface area contributed by atoms with E-state index in [1.165, 1.54) is 0 Å². The van der Waals surface area contributed by atoms with Crippen molar-refractivity contribution in [2.75, 3.05) is 0 Å². The van der Waals surface area contributed by atoms with Crippen LogP contribution in [0.1, 0.15) is 21.2 Å². The van der Waals surface area contributed by atoms with E-state index in [1.807, 2.05) is 0 Å². The van der Waals surface area contributed by atoms with Crippen LogP contribution in [0.15, 0.2) is 12.7 Å². The third kappa shape index (κ3) is 4.86. The number of nitrogens with one attached hydrogen (secondary N) is 2. The Morgan fingerprint density at radius 1 is 0.941 bits per heavy atom. The number of hydrogen-bond acceptors (Lipinski definition) is 6. The van der Waals surface area contributed by atoms with Gasteiger partial charge in [-0.2, -0.15) is 10.2 Å². The van der Waals surface area contributed by atoms with Crippen molar-refractivity contribution in [3.05, 3.63) is 24.3 Å². The molecule has 0 amide bonds. The summed E-state index contributed by atoms with van der Waals surface area (Å²) >= 11 is 0. The second kappa shape index (κ2) is 7.09. The fourth-order valence-corrected chi connectivity index (χ4v) is 0.617. The molecule has 0 unspecified atom stereocenters. The van der Waals surface area contributed by atoms with Crippen molar-refractivity contribution in [3.8, 4) is 0 Å². The standard InChI is InChI=1S/2C3H3N3O2.Cu/c2*7-3(8)2-4-1-5-6-2;/h2*1H,(H,7,8)(H,4,5,6);. The van der Waals surface area contributed by atoms with Crippen molar-refractivity contribution < 1.29 is 36.9 Å². The van der Waals surface area contributed by atoms with Crippen molar-refractivity contribution in [3.63, 3.8) is 0 Å². The largest absolute Gasteiger partial charge is 0.475 e. The van der Waals surface area contributed by atoms with E-state index in [0.29, 0.717) is 0 Å². The third-order valence-electron chi connectivity index (χ3n) is 1.24. The maximum absolute atomic E-state index is 9.93.